The van der Waals surface area contributed by atoms with Crippen LogP contribution in [-0.2, 0) is 15.9 Å². The third-order valence-electron chi connectivity index (χ3n) is 1.81. The van der Waals surface area contributed by atoms with Crippen molar-refractivity contribution in [2.75, 3.05) is 6.54 Å². The third kappa shape index (κ3) is 3.08. The highest BCUT2D eigenvalue weighted by molar-refractivity contribution is 7.89. The van der Waals surface area contributed by atoms with Crippen molar-refractivity contribution in [3.05, 3.63) is 28.8 Å². The minimum Gasteiger partial charge on any atom is -0.211 e. The summed E-state index contributed by atoms with van der Waals surface area (Å²) in [5.41, 5.74) is 0.609. The number of alkyl halides is 1. The summed E-state index contributed by atoms with van der Waals surface area (Å²) in [5.74, 6) is 0.189. The lowest BCUT2D eigenvalue weighted by Crippen LogP contribution is -2.23. The molecule has 0 atom stereocenters. The van der Waals surface area contributed by atoms with Crippen LogP contribution in [0.2, 0.25) is 5.02 Å². The number of nitrogens with one attached hydrogen (secondary N) is 1. The van der Waals surface area contributed by atoms with E-state index in [1.54, 1.807) is 6.92 Å². The fourth-order valence-corrected chi connectivity index (χ4v) is 2.66. The Morgan fingerprint density at radius 3 is 2.60 bits per heavy atom. The van der Waals surface area contributed by atoms with Gasteiger partial charge in [0.05, 0.1) is 4.90 Å². The molecule has 1 rings (SSSR count). The predicted molar refractivity (Wildman–Crippen MR) is 61.9 cm³/mol. The van der Waals surface area contributed by atoms with Crippen LogP contribution in [0.5, 0.6) is 0 Å². The van der Waals surface area contributed by atoms with Crippen molar-refractivity contribution in [3.63, 3.8) is 0 Å². The largest absolute Gasteiger partial charge is 0.240 e. The van der Waals surface area contributed by atoms with Crippen LogP contribution in [-0.4, -0.2) is 15.0 Å². The second-order valence-electron chi connectivity index (χ2n) is 2.89. The van der Waals surface area contributed by atoms with Crippen LogP contribution in [0.25, 0.3) is 0 Å². The van der Waals surface area contributed by atoms with Gasteiger partial charge in [0.2, 0.25) is 10.0 Å². The van der Waals surface area contributed by atoms with E-state index in [0.29, 0.717) is 17.1 Å². The van der Waals surface area contributed by atoms with Crippen molar-refractivity contribution in [1.29, 1.82) is 0 Å². The van der Waals surface area contributed by atoms with Gasteiger partial charge in [-0.15, -0.1) is 11.6 Å². The monoisotopic (exact) mass is 267 g/mol. The summed E-state index contributed by atoms with van der Waals surface area (Å²) in [6.45, 7) is 2.07. The third-order valence-corrected chi connectivity index (χ3v) is 4.01. The molecule has 3 nitrogen and oxygen atoms in total. The molecule has 0 radical (unpaired) electrons. The van der Waals surface area contributed by atoms with Crippen LogP contribution in [0.4, 0.5) is 0 Å². The second-order valence-corrected chi connectivity index (χ2v) is 5.33. The van der Waals surface area contributed by atoms with E-state index < -0.39 is 10.0 Å². The molecule has 0 saturated carbocycles. The molecule has 6 heteroatoms. The fraction of sp³-hybridized carbons (Fsp3) is 0.333. The molecule has 0 fully saturated rings. The van der Waals surface area contributed by atoms with Gasteiger partial charge < -0.3 is 0 Å². The van der Waals surface area contributed by atoms with Crippen LogP contribution < -0.4 is 4.72 Å². The summed E-state index contributed by atoms with van der Waals surface area (Å²) in [5, 5.41) is 0.473. The average molecular weight is 268 g/mol. The molecule has 0 saturated heterocycles. The molecule has 0 bridgehead atoms. The van der Waals surface area contributed by atoms with Gasteiger partial charge in [-0.3, -0.25) is 0 Å². The van der Waals surface area contributed by atoms with E-state index in [1.807, 2.05) is 0 Å². The maximum absolute atomic E-state index is 11.6. The minimum atomic E-state index is -3.43. The van der Waals surface area contributed by atoms with Gasteiger partial charge in [0, 0.05) is 17.4 Å². The van der Waals surface area contributed by atoms with Crippen molar-refractivity contribution in [3.8, 4) is 0 Å². The molecular weight excluding hydrogens is 257 g/mol. The highest BCUT2D eigenvalue weighted by Crippen LogP contribution is 2.21. The number of benzene rings is 1. The van der Waals surface area contributed by atoms with Crippen LogP contribution in [0, 0.1) is 0 Å². The van der Waals surface area contributed by atoms with Crippen LogP contribution in [0.1, 0.15) is 12.5 Å². The van der Waals surface area contributed by atoms with Crippen LogP contribution in [0.3, 0.4) is 0 Å². The summed E-state index contributed by atoms with van der Waals surface area (Å²) in [7, 11) is -3.43. The first-order valence-corrected chi connectivity index (χ1v) is 6.75. The number of hydrogen-bond donors (Lipinski definition) is 1. The van der Waals surface area contributed by atoms with Crippen LogP contribution >= 0.6 is 23.2 Å². The maximum Gasteiger partial charge on any atom is 0.240 e. The Hall–Kier alpha value is -0.290. The van der Waals surface area contributed by atoms with Crippen molar-refractivity contribution in [2.45, 2.75) is 17.7 Å². The molecule has 1 aromatic carbocycles. The lowest BCUT2D eigenvalue weighted by atomic mass is 10.2. The van der Waals surface area contributed by atoms with E-state index in [2.05, 4.69) is 4.72 Å². The Morgan fingerprint density at radius 2 is 2.07 bits per heavy atom. The van der Waals surface area contributed by atoms with E-state index in [0.717, 1.165) is 0 Å². The number of hydrogen-bond acceptors (Lipinski definition) is 2. The molecule has 1 aromatic rings. The standard InChI is InChI=1S/C9H11Cl2NO2S/c1-2-12-15(13,14)8-3-4-9(11)7(5-8)6-10/h3-5,12H,2,6H2,1H3. The molecule has 0 aliphatic heterocycles. The van der Waals surface area contributed by atoms with Crippen molar-refractivity contribution in [2.24, 2.45) is 0 Å². The first-order valence-electron chi connectivity index (χ1n) is 4.35. The molecule has 0 unspecified atom stereocenters. The van der Waals surface area contributed by atoms with Gasteiger partial charge in [0.25, 0.3) is 0 Å². The quantitative estimate of drug-likeness (QED) is 0.852. The van der Waals surface area contributed by atoms with Gasteiger partial charge in [0.15, 0.2) is 0 Å². The van der Waals surface area contributed by atoms with E-state index in [-0.39, 0.29) is 10.8 Å². The zero-order valence-electron chi connectivity index (χ0n) is 8.13. The van der Waals surface area contributed by atoms with Crippen molar-refractivity contribution < 1.29 is 8.42 Å². The van der Waals surface area contributed by atoms with E-state index in [9.17, 15) is 8.42 Å². The fourth-order valence-electron chi connectivity index (χ4n) is 1.09. The molecule has 0 aromatic heterocycles. The highest BCUT2D eigenvalue weighted by atomic mass is 35.5. The highest BCUT2D eigenvalue weighted by Gasteiger charge is 2.13. The maximum atomic E-state index is 11.6. The smallest absolute Gasteiger partial charge is 0.211 e. The van der Waals surface area contributed by atoms with Gasteiger partial charge >= 0.3 is 0 Å². The topological polar surface area (TPSA) is 46.2 Å². The summed E-state index contributed by atoms with van der Waals surface area (Å²) in [4.78, 5) is 0.185. The molecule has 0 amide bonds. The zero-order chi connectivity index (χ0) is 11.5. The SMILES string of the molecule is CCNS(=O)(=O)c1ccc(Cl)c(CCl)c1. The number of halogens is 2. The molecule has 15 heavy (non-hydrogen) atoms. The van der Waals surface area contributed by atoms with Crippen LogP contribution in [0.15, 0.2) is 23.1 Å². The Bertz CT molecular complexity index is 445. The Morgan fingerprint density at radius 1 is 1.40 bits per heavy atom. The summed E-state index contributed by atoms with van der Waals surface area (Å²) in [6, 6.07) is 4.47. The molecule has 84 valence electrons. The molecular formula is C9H11Cl2NO2S. The minimum absolute atomic E-state index is 0.185. The molecule has 1 N–H and O–H groups in total. The van der Waals surface area contributed by atoms with Gasteiger partial charge in [-0.25, -0.2) is 13.1 Å². The lowest BCUT2D eigenvalue weighted by Gasteiger charge is -2.06. The summed E-state index contributed by atoms with van der Waals surface area (Å²) in [6.07, 6.45) is 0. The zero-order valence-corrected chi connectivity index (χ0v) is 10.5. The number of rotatable bonds is 4. The second kappa shape index (κ2) is 5.16. The van der Waals surface area contributed by atoms with Crippen molar-refractivity contribution >= 4 is 33.2 Å². The van der Waals surface area contributed by atoms with Gasteiger partial charge in [0.1, 0.15) is 0 Å². The Labute approximate surface area is 99.4 Å². The van der Waals surface area contributed by atoms with E-state index >= 15 is 0 Å². The average Bonchev–Trinajstić information content (AvgIpc) is 2.18. The first kappa shape index (κ1) is 12.8. The number of sulfonamides is 1. The molecule has 0 spiro atoms. The summed E-state index contributed by atoms with van der Waals surface area (Å²) < 4.78 is 25.6. The van der Waals surface area contributed by atoms with Gasteiger partial charge in [-0.05, 0) is 23.8 Å². The predicted octanol–water partition coefficient (Wildman–Crippen LogP) is 2.38. The molecule has 0 aliphatic carbocycles. The van der Waals surface area contributed by atoms with Gasteiger partial charge in [-0.1, -0.05) is 18.5 Å². The van der Waals surface area contributed by atoms with E-state index in [1.165, 1.54) is 18.2 Å². The Kier molecular flexibility index (Phi) is 4.40. The van der Waals surface area contributed by atoms with Gasteiger partial charge in [-0.2, -0.15) is 0 Å². The van der Waals surface area contributed by atoms with E-state index in [4.69, 9.17) is 23.2 Å². The molecule has 0 heterocycles. The Balaban J connectivity index is 3.17. The summed E-state index contributed by atoms with van der Waals surface area (Å²) >= 11 is 11.5. The van der Waals surface area contributed by atoms with Crippen molar-refractivity contribution in [1.82, 2.24) is 4.72 Å². The lowest BCUT2D eigenvalue weighted by molar-refractivity contribution is 0.584. The normalized spacial score (nSPS) is 11.7. The molecule has 0 aliphatic rings. The first-order chi connectivity index (χ1) is 7.01.